The van der Waals surface area contributed by atoms with Crippen molar-refractivity contribution in [2.24, 2.45) is 0 Å². The van der Waals surface area contributed by atoms with Gasteiger partial charge in [-0.1, -0.05) is 6.92 Å². The Morgan fingerprint density at radius 1 is 1.22 bits per heavy atom. The van der Waals surface area contributed by atoms with E-state index in [-0.39, 0.29) is 5.75 Å². The molecule has 0 radical (unpaired) electrons. The summed E-state index contributed by atoms with van der Waals surface area (Å²) >= 11 is 0. The molecule has 0 atom stereocenters. The fourth-order valence-corrected chi connectivity index (χ4v) is 2.91. The second kappa shape index (κ2) is 4.35. The van der Waals surface area contributed by atoms with E-state index in [9.17, 15) is 8.42 Å². The molecule has 1 heterocycles. The van der Waals surface area contributed by atoms with Crippen LogP contribution in [0.5, 0.6) is 11.5 Å². The molecule has 1 aliphatic heterocycles. The Kier molecular flexibility index (Phi) is 3.14. The number of hydrogen-bond donors (Lipinski definition) is 1. The molecule has 0 aromatic heterocycles. The molecule has 0 amide bonds. The average Bonchev–Trinajstić information content (AvgIpc) is 2.50. The largest absolute Gasteiger partial charge is 0.449 e. The first-order valence-corrected chi connectivity index (χ1v) is 7.49. The first kappa shape index (κ1) is 13.0. The van der Waals surface area contributed by atoms with E-state index in [4.69, 9.17) is 9.47 Å². The number of nitrogens with one attached hydrogen (secondary N) is 1. The van der Waals surface area contributed by atoms with Gasteiger partial charge in [-0.3, -0.25) is 4.72 Å². The summed E-state index contributed by atoms with van der Waals surface area (Å²) in [6, 6.07) is 5.00. The highest BCUT2D eigenvalue weighted by atomic mass is 32.2. The molecule has 1 aliphatic rings. The van der Waals surface area contributed by atoms with Crippen molar-refractivity contribution in [2.45, 2.75) is 33.0 Å². The van der Waals surface area contributed by atoms with E-state index in [1.807, 2.05) is 6.92 Å². The monoisotopic (exact) mass is 271 g/mol. The molecule has 0 spiro atoms. The Labute approximate surface area is 107 Å². The Morgan fingerprint density at radius 3 is 2.56 bits per heavy atom. The summed E-state index contributed by atoms with van der Waals surface area (Å²) in [4.78, 5) is 0. The van der Waals surface area contributed by atoms with Crippen LogP contribution in [0, 0.1) is 0 Å². The lowest BCUT2D eigenvalue weighted by atomic mass is 10.3. The van der Waals surface area contributed by atoms with Crippen LogP contribution < -0.4 is 14.2 Å². The summed E-state index contributed by atoms with van der Waals surface area (Å²) in [6.07, 6.45) is 0.576. The van der Waals surface area contributed by atoms with E-state index >= 15 is 0 Å². The van der Waals surface area contributed by atoms with E-state index < -0.39 is 15.8 Å². The van der Waals surface area contributed by atoms with Gasteiger partial charge in [0, 0.05) is 19.9 Å². The topological polar surface area (TPSA) is 64.6 Å². The fraction of sp³-hybridized carbons (Fsp3) is 0.500. The van der Waals surface area contributed by atoms with Gasteiger partial charge in [-0.15, -0.1) is 0 Å². The van der Waals surface area contributed by atoms with Crippen molar-refractivity contribution in [1.29, 1.82) is 0 Å². The van der Waals surface area contributed by atoms with Crippen LogP contribution in [0.3, 0.4) is 0 Å². The number of ether oxygens (including phenoxy) is 2. The van der Waals surface area contributed by atoms with E-state index in [2.05, 4.69) is 4.72 Å². The molecule has 1 aromatic carbocycles. The van der Waals surface area contributed by atoms with Gasteiger partial charge in [0.25, 0.3) is 0 Å². The molecular formula is C12H17NO4S. The molecule has 6 heteroatoms. The van der Waals surface area contributed by atoms with Crippen LogP contribution in [0.1, 0.15) is 27.2 Å². The first-order chi connectivity index (χ1) is 8.31. The lowest BCUT2D eigenvalue weighted by Crippen LogP contribution is -2.29. The summed E-state index contributed by atoms with van der Waals surface area (Å²) in [7, 11) is -3.28. The van der Waals surface area contributed by atoms with Crippen LogP contribution in [0.15, 0.2) is 18.2 Å². The maximum Gasteiger partial charge on any atom is 0.246 e. The standard InChI is InChI=1S/C12H17NO4S/c1-4-7-18(14,15)13-9-5-6-10-11(8-9)17-12(2,3)16-10/h5-6,8,13H,4,7H2,1-3H3. The molecule has 0 aliphatic carbocycles. The van der Waals surface area contributed by atoms with Gasteiger partial charge in [0.1, 0.15) is 0 Å². The van der Waals surface area contributed by atoms with Crippen LogP contribution in [0.2, 0.25) is 0 Å². The highest BCUT2D eigenvalue weighted by molar-refractivity contribution is 7.92. The average molecular weight is 271 g/mol. The fourth-order valence-electron chi connectivity index (χ4n) is 1.79. The molecule has 2 rings (SSSR count). The maximum absolute atomic E-state index is 11.6. The van der Waals surface area contributed by atoms with Gasteiger partial charge in [0.05, 0.1) is 11.4 Å². The molecule has 1 aromatic rings. The van der Waals surface area contributed by atoms with Gasteiger partial charge >= 0.3 is 0 Å². The third-order valence-corrected chi connectivity index (χ3v) is 3.89. The number of sulfonamides is 1. The normalized spacial score (nSPS) is 16.6. The van der Waals surface area contributed by atoms with Crippen molar-refractivity contribution < 1.29 is 17.9 Å². The third-order valence-electron chi connectivity index (χ3n) is 2.40. The minimum atomic E-state index is -3.28. The van der Waals surface area contributed by atoms with Gasteiger partial charge < -0.3 is 9.47 Å². The molecule has 1 N–H and O–H groups in total. The van der Waals surface area contributed by atoms with Crippen LogP contribution in [-0.2, 0) is 10.0 Å². The van der Waals surface area contributed by atoms with Crippen molar-refractivity contribution >= 4 is 15.7 Å². The maximum atomic E-state index is 11.6. The van der Waals surface area contributed by atoms with E-state index in [1.54, 1.807) is 32.0 Å². The summed E-state index contributed by atoms with van der Waals surface area (Å²) in [5.41, 5.74) is 0.489. The van der Waals surface area contributed by atoms with Crippen molar-refractivity contribution in [3.63, 3.8) is 0 Å². The Balaban J connectivity index is 2.19. The zero-order chi connectivity index (χ0) is 13.4. The van der Waals surface area contributed by atoms with Crippen LogP contribution >= 0.6 is 0 Å². The van der Waals surface area contributed by atoms with Crippen molar-refractivity contribution in [3.8, 4) is 11.5 Å². The summed E-state index contributed by atoms with van der Waals surface area (Å²) < 4.78 is 36.9. The number of benzene rings is 1. The number of anilines is 1. The quantitative estimate of drug-likeness (QED) is 0.913. The third kappa shape index (κ3) is 2.87. The molecular weight excluding hydrogens is 254 g/mol. The van der Waals surface area contributed by atoms with Gasteiger partial charge in [-0.2, -0.15) is 0 Å². The van der Waals surface area contributed by atoms with Gasteiger partial charge in [0.2, 0.25) is 15.8 Å². The highest BCUT2D eigenvalue weighted by Crippen LogP contribution is 2.40. The second-order valence-corrected chi connectivity index (χ2v) is 6.53. The van der Waals surface area contributed by atoms with Crippen molar-refractivity contribution in [1.82, 2.24) is 0 Å². The van der Waals surface area contributed by atoms with E-state index in [1.165, 1.54) is 0 Å². The predicted octanol–water partition coefficient (Wildman–Crippen LogP) is 2.35. The van der Waals surface area contributed by atoms with Crippen LogP contribution in [0.25, 0.3) is 0 Å². The van der Waals surface area contributed by atoms with Crippen LogP contribution in [0.4, 0.5) is 5.69 Å². The van der Waals surface area contributed by atoms with E-state index in [0.29, 0.717) is 23.6 Å². The second-order valence-electron chi connectivity index (χ2n) is 4.69. The molecule has 18 heavy (non-hydrogen) atoms. The zero-order valence-corrected chi connectivity index (χ0v) is 11.5. The van der Waals surface area contributed by atoms with Gasteiger partial charge in [-0.05, 0) is 18.6 Å². The van der Waals surface area contributed by atoms with Gasteiger partial charge in [-0.25, -0.2) is 8.42 Å². The molecule has 0 bridgehead atoms. The Bertz CT molecular complexity index is 551. The molecule has 5 nitrogen and oxygen atoms in total. The summed E-state index contributed by atoms with van der Waals surface area (Å²) in [6.45, 7) is 5.42. The molecule has 100 valence electrons. The minimum Gasteiger partial charge on any atom is -0.449 e. The Hall–Kier alpha value is -1.43. The SMILES string of the molecule is CCCS(=O)(=O)Nc1ccc2c(c1)OC(C)(C)O2. The minimum absolute atomic E-state index is 0.104. The molecule has 0 fully saturated rings. The van der Waals surface area contributed by atoms with Gasteiger partial charge in [0.15, 0.2) is 11.5 Å². The highest BCUT2D eigenvalue weighted by Gasteiger charge is 2.31. The first-order valence-electron chi connectivity index (χ1n) is 5.84. The molecule has 0 unspecified atom stereocenters. The van der Waals surface area contributed by atoms with Crippen LogP contribution in [-0.4, -0.2) is 20.0 Å². The number of rotatable bonds is 4. The lowest BCUT2D eigenvalue weighted by molar-refractivity contribution is -0.0431. The summed E-state index contributed by atoms with van der Waals surface area (Å²) in [5, 5.41) is 0. The zero-order valence-electron chi connectivity index (χ0n) is 10.7. The van der Waals surface area contributed by atoms with Crippen molar-refractivity contribution in [2.75, 3.05) is 10.5 Å². The smallest absolute Gasteiger partial charge is 0.246 e. The predicted molar refractivity (Wildman–Crippen MR) is 69.5 cm³/mol. The number of hydrogen-bond acceptors (Lipinski definition) is 4. The molecule has 0 saturated heterocycles. The van der Waals surface area contributed by atoms with E-state index in [0.717, 1.165) is 0 Å². The van der Waals surface area contributed by atoms with Crippen molar-refractivity contribution in [3.05, 3.63) is 18.2 Å². The Morgan fingerprint density at radius 2 is 1.89 bits per heavy atom. The molecule has 0 saturated carbocycles. The lowest BCUT2D eigenvalue weighted by Gasteiger charge is -2.16. The number of fused-ring (bicyclic) bond motifs is 1. The summed E-state index contributed by atoms with van der Waals surface area (Å²) in [5.74, 6) is 0.575.